The number of hydrazone groups is 1. The van der Waals surface area contributed by atoms with Crippen LogP contribution in [0.3, 0.4) is 0 Å². The number of aromatic amines is 1. The van der Waals surface area contributed by atoms with E-state index in [4.69, 9.17) is 0 Å². The topological polar surface area (TPSA) is 95.9 Å². The first-order valence-corrected chi connectivity index (χ1v) is 7.58. The minimum Gasteiger partial charge on any atom is -0.337 e. The lowest BCUT2D eigenvalue weighted by Crippen LogP contribution is -2.31. The van der Waals surface area contributed by atoms with E-state index in [-0.39, 0.29) is 11.8 Å². The zero-order valence-corrected chi connectivity index (χ0v) is 12.5. The van der Waals surface area contributed by atoms with Gasteiger partial charge in [0.2, 0.25) is 5.91 Å². The van der Waals surface area contributed by atoms with Crippen LogP contribution in [0, 0.1) is 5.92 Å². The van der Waals surface area contributed by atoms with Gasteiger partial charge in [-0.15, -0.1) is 0 Å². The lowest BCUT2D eigenvalue weighted by molar-refractivity contribution is -0.121. The maximum Gasteiger partial charge on any atom is 0.240 e. The Balaban J connectivity index is 1.76. The molecular weight excluding hydrogens is 300 g/mol. The van der Waals surface area contributed by atoms with E-state index in [0.29, 0.717) is 12.2 Å². The van der Waals surface area contributed by atoms with Crippen LogP contribution in [0.4, 0.5) is 0 Å². The molecule has 1 aliphatic rings. The minimum absolute atomic E-state index is 0.0459. The number of nitrogens with zero attached hydrogens (tertiary/aromatic N) is 4. The molecule has 0 saturated heterocycles. The van der Waals surface area contributed by atoms with Crippen LogP contribution in [-0.4, -0.2) is 30.3 Å². The number of hydrogen-bond donors (Lipinski definition) is 2. The molecule has 0 radical (unpaired) electrons. The summed E-state index contributed by atoms with van der Waals surface area (Å²) in [6, 6.07) is 5.92. The molecule has 1 unspecified atom stereocenters. The molecule has 3 aromatic rings. The molecule has 110 valence electrons. The highest BCUT2D eigenvalue weighted by molar-refractivity contribution is 6.99. The first kappa shape index (κ1) is 13.1. The first-order valence-electron chi connectivity index (χ1n) is 6.85. The molecule has 0 bridgehead atoms. The number of benzene rings is 1. The third-order valence-electron chi connectivity index (χ3n) is 3.64. The Kier molecular flexibility index (Phi) is 2.97. The zero-order chi connectivity index (χ0) is 15.1. The van der Waals surface area contributed by atoms with Crippen molar-refractivity contribution in [3.05, 3.63) is 30.0 Å². The number of imidazole rings is 1. The average Bonchev–Trinajstić information content (AvgIpc) is 3.15. The predicted molar refractivity (Wildman–Crippen MR) is 83.5 cm³/mol. The summed E-state index contributed by atoms with van der Waals surface area (Å²) >= 11 is 1.15. The van der Waals surface area contributed by atoms with Gasteiger partial charge in [0.05, 0.1) is 34.7 Å². The van der Waals surface area contributed by atoms with E-state index in [1.807, 2.05) is 25.1 Å². The molecule has 2 N–H and O–H groups in total. The average molecular weight is 312 g/mol. The Morgan fingerprint density at radius 1 is 1.36 bits per heavy atom. The minimum atomic E-state index is -0.0459. The van der Waals surface area contributed by atoms with Crippen molar-refractivity contribution in [1.29, 1.82) is 0 Å². The second-order valence-electron chi connectivity index (χ2n) is 5.25. The molecule has 3 heterocycles. The third kappa shape index (κ3) is 2.17. The van der Waals surface area contributed by atoms with E-state index in [1.165, 1.54) is 0 Å². The Hall–Kier alpha value is -2.61. The molecular formula is C14H12N6OS. The molecule has 1 amide bonds. The van der Waals surface area contributed by atoms with Gasteiger partial charge in [0, 0.05) is 17.9 Å². The molecule has 2 aromatic heterocycles. The highest BCUT2D eigenvalue weighted by atomic mass is 32.1. The number of fused-ring (bicyclic) bond motifs is 1. The maximum atomic E-state index is 11.4. The van der Waals surface area contributed by atoms with E-state index in [2.05, 4.69) is 29.2 Å². The van der Waals surface area contributed by atoms with Gasteiger partial charge in [0.25, 0.3) is 0 Å². The second kappa shape index (κ2) is 4.99. The van der Waals surface area contributed by atoms with Crippen molar-refractivity contribution < 1.29 is 4.79 Å². The molecule has 0 spiro atoms. The maximum absolute atomic E-state index is 11.4. The SMILES string of the molecule is CC1CC(=O)NN=C1c1ccc2[nH]c(-c3cnsn3)nc2c1. The van der Waals surface area contributed by atoms with Gasteiger partial charge in [-0.1, -0.05) is 13.0 Å². The molecule has 1 aromatic carbocycles. The van der Waals surface area contributed by atoms with Gasteiger partial charge < -0.3 is 4.98 Å². The van der Waals surface area contributed by atoms with E-state index < -0.39 is 0 Å². The van der Waals surface area contributed by atoms with Gasteiger partial charge in [0.15, 0.2) is 5.82 Å². The largest absolute Gasteiger partial charge is 0.337 e. The van der Waals surface area contributed by atoms with Crippen LogP contribution in [0.15, 0.2) is 29.5 Å². The highest BCUT2D eigenvalue weighted by Gasteiger charge is 2.22. The molecule has 22 heavy (non-hydrogen) atoms. The number of nitrogens with one attached hydrogen (secondary N) is 2. The number of aromatic nitrogens is 4. The number of H-pyrrole nitrogens is 1. The van der Waals surface area contributed by atoms with Gasteiger partial charge in [-0.2, -0.15) is 13.8 Å². The Bertz CT molecular complexity index is 882. The van der Waals surface area contributed by atoms with E-state index in [0.717, 1.165) is 39.7 Å². The molecule has 1 atom stereocenters. The molecule has 0 fully saturated rings. The summed E-state index contributed by atoms with van der Waals surface area (Å²) in [6.45, 7) is 2.00. The van der Waals surface area contributed by atoms with Gasteiger partial charge in [-0.25, -0.2) is 10.4 Å². The van der Waals surface area contributed by atoms with Crippen LogP contribution >= 0.6 is 11.7 Å². The van der Waals surface area contributed by atoms with E-state index in [1.54, 1.807) is 6.20 Å². The van der Waals surface area contributed by atoms with Gasteiger partial charge in [-0.3, -0.25) is 4.79 Å². The number of carbonyl (C=O) groups is 1. The monoisotopic (exact) mass is 312 g/mol. The number of carbonyl (C=O) groups excluding carboxylic acids is 1. The quantitative estimate of drug-likeness (QED) is 0.756. The Morgan fingerprint density at radius 2 is 2.27 bits per heavy atom. The molecule has 0 saturated carbocycles. The fourth-order valence-electron chi connectivity index (χ4n) is 2.56. The summed E-state index contributed by atoms with van der Waals surface area (Å²) in [6.07, 6.45) is 2.14. The van der Waals surface area contributed by atoms with Crippen LogP contribution < -0.4 is 5.43 Å². The van der Waals surface area contributed by atoms with Crippen LogP contribution in [0.25, 0.3) is 22.6 Å². The van der Waals surface area contributed by atoms with Gasteiger partial charge >= 0.3 is 0 Å². The summed E-state index contributed by atoms with van der Waals surface area (Å²) in [7, 11) is 0. The Labute approximate surface area is 129 Å². The lowest BCUT2D eigenvalue weighted by atomic mass is 9.94. The number of hydrogen-bond acceptors (Lipinski definition) is 6. The molecule has 1 aliphatic heterocycles. The van der Waals surface area contributed by atoms with Crippen LogP contribution in [0.2, 0.25) is 0 Å². The molecule has 7 nitrogen and oxygen atoms in total. The van der Waals surface area contributed by atoms with Gasteiger partial charge in [0.1, 0.15) is 5.69 Å². The predicted octanol–water partition coefficient (Wildman–Crippen LogP) is 1.94. The summed E-state index contributed by atoms with van der Waals surface area (Å²) in [5, 5.41) is 4.18. The first-order chi connectivity index (χ1) is 10.7. The summed E-state index contributed by atoms with van der Waals surface area (Å²) < 4.78 is 8.17. The standard InChI is InChI=1S/C14H12N6OS/c1-7-4-12(21)18-19-13(7)8-2-3-9-10(5-8)17-14(16-9)11-6-15-22-20-11/h2-3,5-7H,4H2,1H3,(H,16,17)(H,18,21). The fraction of sp³-hybridized carbons (Fsp3) is 0.214. The third-order valence-corrected chi connectivity index (χ3v) is 4.12. The van der Waals surface area contributed by atoms with Crippen molar-refractivity contribution in [3.63, 3.8) is 0 Å². The smallest absolute Gasteiger partial charge is 0.240 e. The van der Waals surface area contributed by atoms with E-state index in [9.17, 15) is 4.79 Å². The lowest BCUT2D eigenvalue weighted by Gasteiger charge is -2.18. The molecule has 4 rings (SSSR count). The van der Waals surface area contributed by atoms with E-state index >= 15 is 0 Å². The fourth-order valence-corrected chi connectivity index (χ4v) is 2.97. The second-order valence-corrected chi connectivity index (χ2v) is 5.80. The molecule has 8 heteroatoms. The van der Waals surface area contributed by atoms with Crippen molar-refractivity contribution in [3.8, 4) is 11.5 Å². The Morgan fingerprint density at radius 3 is 3.05 bits per heavy atom. The summed E-state index contributed by atoms with van der Waals surface area (Å²) in [4.78, 5) is 19.1. The highest BCUT2D eigenvalue weighted by Crippen LogP contribution is 2.23. The van der Waals surface area contributed by atoms with Crippen LogP contribution in [0.5, 0.6) is 0 Å². The van der Waals surface area contributed by atoms with Crippen molar-refractivity contribution in [2.75, 3.05) is 0 Å². The number of amides is 1. The normalized spacial score (nSPS) is 18.3. The van der Waals surface area contributed by atoms with Crippen molar-refractivity contribution in [2.24, 2.45) is 11.0 Å². The van der Waals surface area contributed by atoms with Crippen molar-refractivity contribution in [1.82, 2.24) is 24.1 Å². The zero-order valence-electron chi connectivity index (χ0n) is 11.7. The van der Waals surface area contributed by atoms with Crippen LogP contribution in [0.1, 0.15) is 18.9 Å². The number of rotatable bonds is 2. The van der Waals surface area contributed by atoms with Crippen molar-refractivity contribution >= 4 is 34.4 Å². The van der Waals surface area contributed by atoms with Gasteiger partial charge in [-0.05, 0) is 12.1 Å². The summed E-state index contributed by atoms with van der Waals surface area (Å²) in [5.74, 6) is 0.746. The summed E-state index contributed by atoms with van der Waals surface area (Å²) in [5.41, 5.74) is 6.89. The van der Waals surface area contributed by atoms with Crippen molar-refractivity contribution in [2.45, 2.75) is 13.3 Å². The molecule has 0 aliphatic carbocycles. The van der Waals surface area contributed by atoms with Crippen LogP contribution in [-0.2, 0) is 4.79 Å².